The van der Waals surface area contributed by atoms with Crippen molar-refractivity contribution < 1.29 is 13.2 Å². The van der Waals surface area contributed by atoms with Gasteiger partial charge in [-0.15, -0.1) is 5.43 Å². The SMILES string of the molecule is O=c1nc(NNC(F)(F)F)ncn1-c1ccccc1Cl. The number of halogens is 4. The molecule has 0 amide bonds. The molecular weight excluding hydrogens is 299 g/mol. The van der Waals surface area contributed by atoms with Gasteiger partial charge >= 0.3 is 12.0 Å². The lowest BCUT2D eigenvalue weighted by atomic mass is 10.3. The molecule has 106 valence electrons. The highest BCUT2D eigenvalue weighted by atomic mass is 35.5. The van der Waals surface area contributed by atoms with Gasteiger partial charge in [0.25, 0.3) is 0 Å². The molecule has 0 atom stereocenters. The van der Waals surface area contributed by atoms with Crippen molar-refractivity contribution >= 4 is 17.5 Å². The van der Waals surface area contributed by atoms with E-state index in [-0.39, 0.29) is 5.02 Å². The maximum absolute atomic E-state index is 11.9. The standard InChI is InChI=1S/C10H7ClF3N5O/c11-6-3-1-2-4-7(6)19-5-15-8(16-9(19)20)17-18-10(12,13)14/h1-5,18H,(H,16,17,20). The molecule has 20 heavy (non-hydrogen) atoms. The summed E-state index contributed by atoms with van der Waals surface area (Å²) in [6.07, 6.45) is -3.64. The summed E-state index contributed by atoms with van der Waals surface area (Å²) in [5.74, 6) is -0.504. The van der Waals surface area contributed by atoms with Crippen LogP contribution in [-0.4, -0.2) is 20.8 Å². The molecule has 0 spiro atoms. The molecule has 1 heterocycles. The van der Waals surface area contributed by atoms with Crippen molar-refractivity contribution in [2.75, 3.05) is 5.43 Å². The first-order chi connectivity index (χ1) is 9.37. The molecule has 1 aromatic heterocycles. The van der Waals surface area contributed by atoms with Gasteiger partial charge in [0.05, 0.1) is 10.7 Å². The van der Waals surface area contributed by atoms with Crippen LogP contribution in [0.5, 0.6) is 0 Å². The number of rotatable bonds is 3. The van der Waals surface area contributed by atoms with Gasteiger partial charge in [0.1, 0.15) is 6.33 Å². The third-order valence-corrected chi connectivity index (χ3v) is 2.45. The molecule has 10 heteroatoms. The Morgan fingerprint density at radius 3 is 2.55 bits per heavy atom. The predicted octanol–water partition coefficient (Wildman–Crippen LogP) is 1.72. The van der Waals surface area contributed by atoms with Gasteiger partial charge in [-0.1, -0.05) is 23.7 Å². The number of anilines is 1. The van der Waals surface area contributed by atoms with Crippen molar-refractivity contribution in [3.05, 3.63) is 46.1 Å². The normalized spacial score (nSPS) is 11.4. The molecule has 6 nitrogen and oxygen atoms in total. The van der Waals surface area contributed by atoms with Gasteiger partial charge in [-0.2, -0.15) is 18.2 Å². The van der Waals surface area contributed by atoms with Gasteiger partial charge in [0.2, 0.25) is 5.95 Å². The first kappa shape index (κ1) is 14.3. The molecule has 0 aliphatic carbocycles. The number of hydrogen-bond acceptors (Lipinski definition) is 5. The fourth-order valence-corrected chi connectivity index (χ4v) is 1.56. The molecule has 0 unspecified atom stereocenters. The van der Waals surface area contributed by atoms with Gasteiger partial charge in [0, 0.05) is 0 Å². The number of alkyl halides is 3. The van der Waals surface area contributed by atoms with Crippen LogP contribution in [-0.2, 0) is 0 Å². The van der Waals surface area contributed by atoms with E-state index in [4.69, 9.17) is 11.6 Å². The van der Waals surface area contributed by atoms with Crippen LogP contribution in [0.25, 0.3) is 5.69 Å². The molecule has 0 aliphatic rings. The highest BCUT2D eigenvalue weighted by molar-refractivity contribution is 6.32. The monoisotopic (exact) mass is 305 g/mol. The third kappa shape index (κ3) is 3.45. The Bertz CT molecular complexity index is 672. The van der Waals surface area contributed by atoms with E-state index in [0.29, 0.717) is 5.69 Å². The van der Waals surface area contributed by atoms with Crippen molar-refractivity contribution in [1.82, 2.24) is 20.0 Å². The minimum Gasteiger partial charge on any atom is -0.282 e. The lowest BCUT2D eigenvalue weighted by Gasteiger charge is -2.10. The molecule has 0 radical (unpaired) electrons. The maximum atomic E-state index is 11.9. The molecule has 0 saturated heterocycles. The number of nitrogens with one attached hydrogen (secondary N) is 2. The van der Waals surface area contributed by atoms with E-state index < -0.39 is 17.9 Å². The van der Waals surface area contributed by atoms with Crippen LogP contribution >= 0.6 is 11.6 Å². The summed E-state index contributed by atoms with van der Waals surface area (Å²) in [6, 6.07) is 6.42. The van der Waals surface area contributed by atoms with E-state index in [0.717, 1.165) is 16.3 Å². The van der Waals surface area contributed by atoms with Crippen LogP contribution < -0.4 is 16.5 Å². The fourth-order valence-electron chi connectivity index (χ4n) is 1.33. The van der Waals surface area contributed by atoms with E-state index >= 15 is 0 Å². The van der Waals surface area contributed by atoms with E-state index in [1.165, 1.54) is 0 Å². The average molecular weight is 306 g/mol. The van der Waals surface area contributed by atoms with E-state index in [1.807, 2.05) is 0 Å². The first-order valence-electron chi connectivity index (χ1n) is 5.17. The van der Waals surface area contributed by atoms with Crippen LogP contribution in [0.3, 0.4) is 0 Å². The molecule has 0 aliphatic heterocycles. The largest absolute Gasteiger partial charge is 0.474 e. The van der Waals surface area contributed by atoms with E-state index in [2.05, 4.69) is 9.97 Å². The van der Waals surface area contributed by atoms with Gasteiger partial charge in [-0.05, 0) is 12.1 Å². The number of para-hydroxylation sites is 1. The number of hydrogen-bond donors (Lipinski definition) is 2. The number of nitrogens with zero attached hydrogens (tertiary/aromatic N) is 3. The number of hydrazine groups is 1. The van der Waals surface area contributed by atoms with E-state index in [9.17, 15) is 18.0 Å². The van der Waals surface area contributed by atoms with Gasteiger partial charge in [0.15, 0.2) is 0 Å². The summed E-state index contributed by atoms with van der Waals surface area (Å²) in [4.78, 5) is 18.7. The van der Waals surface area contributed by atoms with Crippen molar-refractivity contribution in [1.29, 1.82) is 0 Å². The Hall–Kier alpha value is -2.13. The van der Waals surface area contributed by atoms with Gasteiger partial charge < -0.3 is 0 Å². The van der Waals surface area contributed by atoms with Gasteiger partial charge in [-0.25, -0.2) is 14.3 Å². The summed E-state index contributed by atoms with van der Waals surface area (Å²) < 4.78 is 36.7. The quantitative estimate of drug-likeness (QED) is 0.667. The molecular formula is C10H7ClF3N5O. The molecule has 0 saturated carbocycles. The fraction of sp³-hybridized carbons (Fsp3) is 0.100. The second-order valence-electron chi connectivity index (χ2n) is 3.53. The van der Waals surface area contributed by atoms with Crippen LogP contribution in [0.15, 0.2) is 35.4 Å². The average Bonchev–Trinajstić information content (AvgIpc) is 2.37. The summed E-state index contributed by atoms with van der Waals surface area (Å²) in [6.45, 7) is 0. The lowest BCUT2D eigenvalue weighted by Crippen LogP contribution is -2.38. The topological polar surface area (TPSA) is 71.8 Å². The molecule has 2 aromatic rings. The molecule has 2 rings (SSSR count). The Kier molecular flexibility index (Phi) is 3.91. The highest BCUT2D eigenvalue weighted by Gasteiger charge is 2.27. The smallest absolute Gasteiger partial charge is 0.282 e. The Labute approximate surface area is 115 Å². The zero-order valence-corrected chi connectivity index (χ0v) is 10.4. The Balaban J connectivity index is 2.27. The maximum Gasteiger partial charge on any atom is 0.474 e. The van der Waals surface area contributed by atoms with Crippen LogP contribution in [0.4, 0.5) is 19.1 Å². The van der Waals surface area contributed by atoms with Crippen molar-refractivity contribution in [2.24, 2.45) is 0 Å². The molecule has 1 aromatic carbocycles. The Morgan fingerprint density at radius 2 is 1.95 bits per heavy atom. The van der Waals surface area contributed by atoms with Crippen molar-refractivity contribution in [3.63, 3.8) is 0 Å². The number of aromatic nitrogens is 3. The zero-order valence-electron chi connectivity index (χ0n) is 9.65. The minimum absolute atomic E-state index is 0.285. The van der Waals surface area contributed by atoms with E-state index in [1.54, 1.807) is 29.7 Å². The lowest BCUT2D eigenvalue weighted by molar-refractivity contribution is -0.151. The summed E-state index contributed by atoms with van der Waals surface area (Å²) in [5.41, 5.74) is 2.17. The third-order valence-electron chi connectivity index (χ3n) is 2.13. The number of benzene rings is 1. The molecule has 2 N–H and O–H groups in total. The second-order valence-corrected chi connectivity index (χ2v) is 3.94. The van der Waals surface area contributed by atoms with Crippen LogP contribution in [0.2, 0.25) is 5.02 Å². The van der Waals surface area contributed by atoms with Crippen molar-refractivity contribution in [2.45, 2.75) is 6.30 Å². The second kappa shape index (κ2) is 5.47. The van der Waals surface area contributed by atoms with Gasteiger partial charge in [-0.3, -0.25) is 5.43 Å². The Morgan fingerprint density at radius 1 is 1.25 bits per heavy atom. The molecule has 0 bridgehead atoms. The summed E-state index contributed by atoms with van der Waals surface area (Å²) >= 11 is 5.90. The molecule has 0 fully saturated rings. The van der Waals surface area contributed by atoms with Crippen LogP contribution in [0.1, 0.15) is 0 Å². The summed E-state index contributed by atoms with van der Waals surface area (Å²) in [7, 11) is 0. The van der Waals surface area contributed by atoms with Crippen LogP contribution in [0, 0.1) is 0 Å². The summed E-state index contributed by atoms with van der Waals surface area (Å²) in [5, 5.41) is 0.285. The van der Waals surface area contributed by atoms with Crippen molar-refractivity contribution in [3.8, 4) is 5.69 Å². The first-order valence-corrected chi connectivity index (χ1v) is 5.55. The minimum atomic E-state index is -4.67. The zero-order chi connectivity index (χ0) is 14.8. The predicted molar refractivity (Wildman–Crippen MR) is 65.5 cm³/mol. The highest BCUT2D eigenvalue weighted by Crippen LogP contribution is 2.17.